The predicted octanol–water partition coefficient (Wildman–Crippen LogP) is 3.10. The van der Waals surface area contributed by atoms with Crippen molar-refractivity contribution in [2.24, 2.45) is 0 Å². The first-order valence-electron chi connectivity index (χ1n) is 7.03. The largest absolute Gasteiger partial charge is 0.496 e. The Morgan fingerprint density at radius 2 is 1.59 bits per heavy atom. The number of methoxy groups -OCH3 is 2. The Balaban J connectivity index is 3.22. The molecule has 1 rings (SSSR count). The van der Waals surface area contributed by atoms with Gasteiger partial charge in [0.15, 0.2) is 0 Å². The SMILES string of the molecule is COC(=O)C(C)(C)c1ccc(C(=O)OC(C)(C)C)cc1OC. The third kappa shape index (κ3) is 4.00. The van der Waals surface area contributed by atoms with Gasteiger partial charge >= 0.3 is 11.9 Å². The van der Waals surface area contributed by atoms with Crippen LogP contribution in [0.4, 0.5) is 0 Å². The van der Waals surface area contributed by atoms with Crippen LogP contribution >= 0.6 is 0 Å². The molecule has 0 amide bonds. The summed E-state index contributed by atoms with van der Waals surface area (Å²) < 4.78 is 15.5. The second kappa shape index (κ2) is 6.38. The van der Waals surface area contributed by atoms with Gasteiger partial charge in [-0.3, -0.25) is 4.79 Å². The zero-order valence-corrected chi connectivity index (χ0v) is 14.3. The topological polar surface area (TPSA) is 61.8 Å². The summed E-state index contributed by atoms with van der Waals surface area (Å²) in [5.74, 6) is -0.372. The third-order valence-electron chi connectivity index (χ3n) is 3.21. The Hall–Kier alpha value is -2.04. The molecule has 0 spiro atoms. The maximum Gasteiger partial charge on any atom is 0.338 e. The predicted molar refractivity (Wildman–Crippen MR) is 83.2 cm³/mol. The normalized spacial score (nSPS) is 11.8. The number of ether oxygens (including phenoxy) is 3. The smallest absolute Gasteiger partial charge is 0.338 e. The van der Waals surface area contributed by atoms with Gasteiger partial charge in [-0.25, -0.2) is 4.79 Å². The molecule has 0 unspecified atom stereocenters. The summed E-state index contributed by atoms with van der Waals surface area (Å²) in [7, 11) is 2.83. The molecule has 0 radical (unpaired) electrons. The number of rotatable bonds is 4. The fourth-order valence-electron chi connectivity index (χ4n) is 2.04. The summed E-state index contributed by atoms with van der Waals surface area (Å²) in [6, 6.07) is 4.89. The maximum absolute atomic E-state index is 12.1. The van der Waals surface area contributed by atoms with Gasteiger partial charge in [-0.2, -0.15) is 0 Å². The summed E-state index contributed by atoms with van der Waals surface area (Å²) in [6.07, 6.45) is 0. The van der Waals surface area contributed by atoms with Crippen molar-refractivity contribution in [1.29, 1.82) is 0 Å². The Labute approximate surface area is 131 Å². The van der Waals surface area contributed by atoms with Crippen LogP contribution in [0.5, 0.6) is 5.75 Å². The molecule has 0 aromatic heterocycles. The quantitative estimate of drug-likeness (QED) is 0.800. The zero-order chi connectivity index (χ0) is 17.1. The lowest BCUT2D eigenvalue weighted by atomic mass is 9.83. The van der Waals surface area contributed by atoms with Crippen LogP contribution in [0.25, 0.3) is 0 Å². The fourth-order valence-corrected chi connectivity index (χ4v) is 2.04. The van der Waals surface area contributed by atoms with Crippen LogP contribution in [0, 0.1) is 0 Å². The zero-order valence-electron chi connectivity index (χ0n) is 14.3. The molecule has 5 nitrogen and oxygen atoms in total. The van der Waals surface area contributed by atoms with E-state index < -0.39 is 17.0 Å². The van der Waals surface area contributed by atoms with Crippen LogP contribution in [0.2, 0.25) is 0 Å². The lowest BCUT2D eigenvalue weighted by Gasteiger charge is -2.25. The van der Waals surface area contributed by atoms with Gasteiger partial charge in [-0.1, -0.05) is 6.07 Å². The van der Waals surface area contributed by atoms with E-state index in [0.29, 0.717) is 16.9 Å². The standard InChI is InChI=1S/C17H24O5/c1-16(2,3)22-14(18)11-8-9-12(13(10-11)20-6)17(4,5)15(19)21-7/h8-10H,1-7H3. The number of carbonyl (C=O) groups is 2. The van der Waals surface area contributed by atoms with Gasteiger partial charge in [-0.15, -0.1) is 0 Å². The molecule has 0 heterocycles. The van der Waals surface area contributed by atoms with E-state index >= 15 is 0 Å². The van der Waals surface area contributed by atoms with E-state index in [-0.39, 0.29) is 5.97 Å². The second-order valence-corrected chi connectivity index (χ2v) is 6.53. The third-order valence-corrected chi connectivity index (χ3v) is 3.21. The molecule has 122 valence electrons. The van der Waals surface area contributed by atoms with Gasteiger partial charge in [0.1, 0.15) is 11.4 Å². The van der Waals surface area contributed by atoms with Gasteiger partial charge < -0.3 is 14.2 Å². The number of hydrogen-bond donors (Lipinski definition) is 0. The molecule has 0 N–H and O–H groups in total. The van der Waals surface area contributed by atoms with E-state index in [0.717, 1.165) is 0 Å². The highest BCUT2D eigenvalue weighted by Gasteiger charge is 2.34. The van der Waals surface area contributed by atoms with Crippen molar-refractivity contribution in [2.75, 3.05) is 14.2 Å². The van der Waals surface area contributed by atoms with Crippen LogP contribution in [0.15, 0.2) is 18.2 Å². The second-order valence-electron chi connectivity index (χ2n) is 6.53. The van der Waals surface area contributed by atoms with Crippen molar-refractivity contribution in [3.05, 3.63) is 29.3 Å². The first-order chi connectivity index (χ1) is 10.0. The molecule has 0 atom stereocenters. The Morgan fingerprint density at radius 1 is 1.00 bits per heavy atom. The van der Waals surface area contributed by atoms with Crippen LogP contribution in [0.3, 0.4) is 0 Å². The van der Waals surface area contributed by atoms with Crippen LogP contribution in [-0.4, -0.2) is 31.8 Å². The van der Waals surface area contributed by atoms with E-state index in [4.69, 9.17) is 14.2 Å². The Bertz CT molecular complexity index is 567. The lowest BCUT2D eigenvalue weighted by Crippen LogP contribution is -2.31. The molecular formula is C17H24O5. The molecule has 22 heavy (non-hydrogen) atoms. The van der Waals surface area contributed by atoms with Crippen LogP contribution in [-0.2, 0) is 19.7 Å². The van der Waals surface area contributed by atoms with Crippen molar-refractivity contribution < 1.29 is 23.8 Å². The maximum atomic E-state index is 12.1. The minimum absolute atomic E-state index is 0.371. The van der Waals surface area contributed by atoms with Crippen molar-refractivity contribution in [3.8, 4) is 5.75 Å². The first kappa shape index (κ1) is 18.0. The van der Waals surface area contributed by atoms with E-state index in [1.165, 1.54) is 14.2 Å². The lowest BCUT2D eigenvalue weighted by molar-refractivity contribution is -0.146. The minimum Gasteiger partial charge on any atom is -0.496 e. The Kier molecular flexibility index (Phi) is 5.22. The summed E-state index contributed by atoms with van der Waals surface area (Å²) in [6.45, 7) is 8.89. The highest BCUT2D eigenvalue weighted by atomic mass is 16.6. The van der Waals surface area contributed by atoms with Gasteiger partial charge in [0.05, 0.1) is 25.2 Å². The fraction of sp³-hybridized carbons (Fsp3) is 0.529. The van der Waals surface area contributed by atoms with Gasteiger partial charge in [0, 0.05) is 5.56 Å². The van der Waals surface area contributed by atoms with Gasteiger partial charge in [0.2, 0.25) is 0 Å². The van der Waals surface area contributed by atoms with E-state index in [1.54, 1.807) is 52.8 Å². The van der Waals surface area contributed by atoms with Crippen molar-refractivity contribution in [1.82, 2.24) is 0 Å². The first-order valence-corrected chi connectivity index (χ1v) is 7.03. The molecule has 0 saturated heterocycles. The number of hydrogen-bond acceptors (Lipinski definition) is 5. The highest BCUT2D eigenvalue weighted by molar-refractivity contribution is 5.91. The monoisotopic (exact) mass is 308 g/mol. The number of esters is 2. The van der Waals surface area contributed by atoms with Crippen LogP contribution < -0.4 is 4.74 Å². The van der Waals surface area contributed by atoms with Crippen molar-refractivity contribution in [3.63, 3.8) is 0 Å². The summed E-state index contributed by atoms with van der Waals surface area (Å²) in [4.78, 5) is 24.0. The molecule has 0 aliphatic rings. The van der Waals surface area contributed by atoms with E-state index in [1.807, 2.05) is 0 Å². The average molecular weight is 308 g/mol. The molecule has 0 aliphatic carbocycles. The molecule has 0 fully saturated rings. The summed E-state index contributed by atoms with van der Waals surface area (Å²) in [5.41, 5.74) is -0.439. The highest BCUT2D eigenvalue weighted by Crippen LogP contribution is 2.33. The molecule has 0 saturated carbocycles. The van der Waals surface area contributed by atoms with E-state index in [2.05, 4.69) is 0 Å². The molecular weight excluding hydrogens is 284 g/mol. The molecule has 0 aliphatic heterocycles. The number of carbonyl (C=O) groups excluding carboxylic acids is 2. The van der Waals surface area contributed by atoms with Gasteiger partial charge in [0.25, 0.3) is 0 Å². The summed E-state index contributed by atoms with van der Waals surface area (Å²) in [5, 5.41) is 0. The van der Waals surface area contributed by atoms with E-state index in [9.17, 15) is 9.59 Å². The minimum atomic E-state index is -0.882. The molecule has 0 bridgehead atoms. The van der Waals surface area contributed by atoms with Crippen molar-refractivity contribution in [2.45, 2.75) is 45.6 Å². The summed E-state index contributed by atoms with van der Waals surface area (Å²) >= 11 is 0. The molecule has 1 aromatic carbocycles. The average Bonchev–Trinajstić information content (AvgIpc) is 2.43. The van der Waals surface area contributed by atoms with Crippen molar-refractivity contribution >= 4 is 11.9 Å². The molecule has 5 heteroatoms. The Morgan fingerprint density at radius 3 is 2.05 bits per heavy atom. The molecule has 1 aromatic rings. The van der Waals surface area contributed by atoms with Crippen LogP contribution in [0.1, 0.15) is 50.5 Å². The number of benzene rings is 1. The van der Waals surface area contributed by atoms with Gasteiger partial charge in [-0.05, 0) is 46.8 Å².